The smallest absolute Gasteiger partial charge is 0.231 e. The standard InChI is InChI=1S/C29H29NO4S.H2O/c1-20-4-3-15-30(20)35(32)25-10-7-22(8-11-25)23-6-2-5-21(16-23)17-28(31)29(13-14-29)24-9-12-26-27(18-24)34-19-33-26;/h2,5-12,16,18,20H,3-4,13-15,17,19H2,1H3;1H2. The van der Waals surface area contributed by atoms with Crippen LogP contribution in [0.5, 0.6) is 11.5 Å². The van der Waals surface area contributed by atoms with Gasteiger partial charge in [0.1, 0.15) is 16.8 Å². The summed E-state index contributed by atoms with van der Waals surface area (Å²) in [7, 11) is -1.12. The average molecular weight is 506 g/mol. The van der Waals surface area contributed by atoms with Gasteiger partial charge in [-0.05, 0) is 79.1 Å². The molecule has 2 fully saturated rings. The molecule has 188 valence electrons. The third-order valence-corrected chi connectivity index (χ3v) is 9.24. The number of ketones is 1. The van der Waals surface area contributed by atoms with Crippen LogP contribution in [-0.2, 0) is 27.6 Å². The minimum Gasteiger partial charge on any atom is -0.454 e. The highest BCUT2D eigenvalue weighted by atomic mass is 32.2. The quantitative estimate of drug-likeness (QED) is 0.469. The molecule has 1 aliphatic carbocycles. The van der Waals surface area contributed by atoms with Crippen LogP contribution in [0, 0.1) is 0 Å². The first-order valence-corrected chi connectivity index (χ1v) is 13.5. The fourth-order valence-corrected chi connectivity index (χ4v) is 6.68. The molecule has 36 heavy (non-hydrogen) atoms. The zero-order valence-corrected chi connectivity index (χ0v) is 21.2. The van der Waals surface area contributed by atoms with E-state index in [0.29, 0.717) is 12.5 Å². The second-order valence-corrected chi connectivity index (χ2v) is 11.3. The number of hydrogen-bond donors (Lipinski definition) is 0. The first-order valence-electron chi connectivity index (χ1n) is 12.3. The fourth-order valence-electron chi connectivity index (χ4n) is 5.32. The van der Waals surface area contributed by atoms with E-state index in [1.54, 1.807) is 0 Å². The van der Waals surface area contributed by atoms with Gasteiger partial charge in [0.05, 0.1) is 10.3 Å². The lowest BCUT2D eigenvalue weighted by atomic mass is 9.87. The van der Waals surface area contributed by atoms with Gasteiger partial charge in [0, 0.05) is 19.0 Å². The molecule has 0 bridgehead atoms. The number of ether oxygens (including phenoxy) is 2. The van der Waals surface area contributed by atoms with Crippen molar-refractivity contribution in [2.45, 2.75) is 55.4 Å². The van der Waals surface area contributed by atoms with Crippen molar-refractivity contribution in [1.82, 2.24) is 4.31 Å². The Morgan fingerprint density at radius 2 is 1.78 bits per heavy atom. The molecule has 0 aromatic heterocycles. The highest BCUT2D eigenvalue weighted by molar-refractivity contribution is 7.82. The Hall–Kier alpha value is -3.00. The molecule has 2 heterocycles. The van der Waals surface area contributed by atoms with Crippen LogP contribution in [0.15, 0.2) is 71.6 Å². The molecule has 2 aliphatic heterocycles. The van der Waals surface area contributed by atoms with Crippen molar-refractivity contribution >= 4 is 16.8 Å². The lowest BCUT2D eigenvalue weighted by Gasteiger charge is -2.19. The summed E-state index contributed by atoms with van der Waals surface area (Å²) in [5.74, 6) is 1.72. The molecule has 3 aromatic carbocycles. The highest BCUT2D eigenvalue weighted by Gasteiger charge is 2.50. The SMILES string of the molecule is CC1CCCN1S(=O)c1ccc(-c2cccc(CC(=O)C3(c4ccc5c(c4)OCO5)CC3)c2)cc1.O. The Kier molecular flexibility index (Phi) is 6.72. The van der Waals surface area contributed by atoms with Crippen molar-refractivity contribution in [3.8, 4) is 22.6 Å². The normalized spacial score (nSPS) is 20.5. The predicted octanol–water partition coefficient (Wildman–Crippen LogP) is 4.61. The van der Waals surface area contributed by atoms with Crippen molar-refractivity contribution in [2.75, 3.05) is 13.3 Å². The Morgan fingerprint density at radius 1 is 1.00 bits per heavy atom. The summed E-state index contributed by atoms with van der Waals surface area (Å²) in [5.41, 5.74) is 3.76. The molecule has 6 nitrogen and oxygen atoms in total. The first-order chi connectivity index (χ1) is 17.0. The maximum Gasteiger partial charge on any atom is 0.231 e. The number of carbonyl (C=O) groups is 1. The minimum absolute atomic E-state index is 0. The van der Waals surface area contributed by atoms with Crippen LogP contribution in [0.4, 0.5) is 0 Å². The molecule has 3 aliphatic rings. The van der Waals surface area contributed by atoms with Gasteiger partial charge in [0.2, 0.25) is 6.79 Å². The topological polar surface area (TPSA) is 87.3 Å². The number of carbonyl (C=O) groups excluding carboxylic acids is 1. The van der Waals surface area contributed by atoms with Gasteiger partial charge in [0.15, 0.2) is 11.5 Å². The largest absolute Gasteiger partial charge is 0.454 e. The van der Waals surface area contributed by atoms with Gasteiger partial charge in [-0.2, -0.15) is 0 Å². The van der Waals surface area contributed by atoms with Crippen molar-refractivity contribution in [3.05, 3.63) is 77.9 Å². The van der Waals surface area contributed by atoms with Crippen LogP contribution >= 0.6 is 0 Å². The zero-order chi connectivity index (χ0) is 24.0. The van der Waals surface area contributed by atoms with E-state index in [0.717, 1.165) is 70.9 Å². The highest BCUT2D eigenvalue weighted by Crippen LogP contribution is 2.51. The molecule has 0 spiro atoms. The summed E-state index contributed by atoms with van der Waals surface area (Å²) < 4.78 is 26.0. The summed E-state index contributed by atoms with van der Waals surface area (Å²) in [5, 5.41) is 0. The number of Topliss-reactive ketones (excluding diaryl/α,β-unsaturated/α-hetero) is 1. The Bertz CT molecular complexity index is 1300. The second-order valence-electron chi connectivity index (χ2n) is 9.86. The Balaban J connectivity index is 0.00000267. The van der Waals surface area contributed by atoms with E-state index in [2.05, 4.69) is 23.4 Å². The molecule has 3 aromatic rings. The first kappa shape index (κ1) is 24.7. The maximum atomic E-state index is 13.4. The molecule has 1 saturated carbocycles. The number of hydrogen-bond acceptors (Lipinski definition) is 4. The third kappa shape index (κ3) is 4.47. The summed E-state index contributed by atoms with van der Waals surface area (Å²) in [6, 6.07) is 22.4. The fraction of sp³-hybridized carbons (Fsp3) is 0.345. The number of nitrogens with zero attached hydrogens (tertiary/aromatic N) is 1. The molecule has 0 amide bonds. The molecule has 0 radical (unpaired) electrons. The molecule has 2 N–H and O–H groups in total. The van der Waals surface area contributed by atoms with Crippen molar-refractivity contribution in [1.29, 1.82) is 0 Å². The molecule has 1 saturated heterocycles. The van der Waals surface area contributed by atoms with Gasteiger partial charge >= 0.3 is 0 Å². The summed E-state index contributed by atoms with van der Waals surface area (Å²) in [6.07, 6.45) is 4.35. The molecule has 2 unspecified atom stereocenters. The van der Waals surface area contributed by atoms with E-state index in [4.69, 9.17) is 9.47 Å². The van der Waals surface area contributed by atoms with E-state index in [9.17, 15) is 9.00 Å². The predicted molar refractivity (Wildman–Crippen MR) is 139 cm³/mol. The van der Waals surface area contributed by atoms with Crippen LogP contribution in [0.25, 0.3) is 11.1 Å². The van der Waals surface area contributed by atoms with Gasteiger partial charge < -0.3 is 14.9 Å². The van der Waals surface area contributed by atoms with Gasteiger partial charge in [-0.25, -0.2) is 8.51 Å². The number of rotatable bonds is 7. The van der Waals surface area contributed by atoms with E-state index < -0.39 is 16.4 Å². The van der Waals surface area contributed by atoms with Crippen LogP contribution < -0.4 is 9.47 Å². The lowest BCUT2D eigenvalue weighted by Crippen LogP contribution is -2.28. The van der Waals surface area contributed by atoms with E-state index in [-0.39, 0.29) is 18.1 Å². The minimum atomic E-state index is -1.12. The zero-order valence-electron chi connectivity index (χ0n) is 20.4. The van der Waals surface area contributed by atoms with Gasteiger partial charge in [-0.3, -0.25) is 4.79 Å². The second kappa shape index (κ2) is 9.81. The summed E-state index contributed by atoms with van der Waals surface area (Å²) >= 11 is 0. The van der Waals surface area contributed by atoms with Gasteiger partial charge in [-0.1, -0.05) is 42.5 Å². The van der Waals surface area contributed by atoms with E-state index in [1.807, 2.05) is 54.6 Å². The van der Waals surface area contributed by atoms with Crippen LogP contribution in [0.3, 0.4) is 0 Å². The maximum absolute atomic E-state index is 13.4. The van der Waals surface area contributed by atoms with E-state index >= 15 is 0 Å². The van der Waals surface area contributed by atoms with Crippen molar-refractivity contribution < 1.29 is 24.0 Å². The summed E-state index contributed by atoms with van der Waals surface area (Å²) in [6.45, 7) is 3.27. The van der Waals surface area contributed by atoms with E-state index in [1.165, 1.54) is 0 Å². The molecule has 2 atom stereocenters. The molecule has 6 rings (SSSR count). The molecular formula is C29H31NO5S. The van der Waals surface area contributed by atoms with Gasteiger partial charge in [-0.15, -0.1) is 0 Å². The number of benzene rings is 3. The Labute approximate surface area is 214 Å². The monoisotopic (exact) mass is 505 g/mol. The lowest BCUT2D eigenvalue weighted by molar-refractivity contribution is -0.120. The third-order valence-electron chi connectivity index (χ3n) is 7.59. The molecular weight excluding hydrogens is 474 g/mol. The van der Waals surface area contributed by atoms with Crippen LogP contribution in [0.1, 0.15) is 43.7 Å². The summed E-state index contributed by atoms with van der Waals surface area (Å²) in [4.78, 5) is 14.2. The van der Waals surface area contributed by atoms with Crippen molar-refractivity contribution in [3.63, 3.8) is 0 Å². The van der Waals surface area contributed by atoms with Gasteiger partial charge in [0.25, 0.3) is 0 Å². The molecule has 7 heteroatoms. The average Bonchev–Trinajstić information content (AvgIpc) is 3.37. The van der Waals surface area contributed by atoms with Crippen LogP contribution in [-0.4, -0.2) is 39.2 Å². The Morgan fingerprint density at radius 3 is 2.50 bits per heavy atom. The number of fused-ring (bicyclic) bond motifs is 1. The van der Waals surface area contributed by atoms with Crippen LogP contribution in [0.2, 0.25) is 0 Å². The van der Waals surface area contributed by atoms with Crippen molar-refractivity contribution in [2.24, 2.45) is 0 Å².